The summed E-state index contributed by atoms with van der Waals surface area (Å²) in [6.07, 6.45) is 28.8. The SMILES string of the molecule is C#CC1(C#C)C2CC3CC(c4ccccc4)(C2)C(C#C)(C#Cc2ccccc2)C1(C#C)C3. The van der Waals surface area contributed by atoms with Gasteiger partial charge in [-0.3, -0.25) is 0 Å². The molecule has 0 radical (unpaired) electrons. The predicted molar refractivity (Wildman–Crippen MR) is 130 cm³/mol. The van der Waals surface area contributed by atoms with Crippen LogP contribution in [0.4, 0.5) is 0 Å². The van der Waals surface area contributed by atoms with Gasteiger partial charge in [-0.25, -0.2) is 0 Å². The molecule has 0 nitrogen and oxygen atoms in total. The van der Waals surface area contributed by atoms with Crippen molar-refractivity contribution < 1.29 is 0 Å². The van der Waals surface area contributed by atoms with Crippen molar-refractivity contribution in [1.29, 1.82) is 0 Å². The number of hydrogen-bond donors (Lipinski definition) is 0. The van der Waals surface area contributed by atoms with Crippen molar-refractivity contribution >= 4 is 0 Å². The molecule has 0 N–H and O–H groups in total. The molecule has 32 heavy (non-hydrogen) atoms. The van der Waals surface area contributed by atoms with Crippen LogP contribution in [0.5, 0.6) is 0 Å². The molecule has 4 aliphatic carbocycles. The predicted octanol–water partition coefficient (Wildman–Crippen LogP) is 5.30. The summed E-state index contributed by atoms with van der Waals surface area (Å²) in [6.45, 7) is 0. The number of benzene rings is 2. The second-order valence-electron chi connectivity index (χ2n) is 9.52. The zero-order chi connectivity index (χ0) is 22.5. The van der Waals surface area contributed by atoms with E-state index in [-0.39, 0.29) is 11.3 Å². The summed E-state index contributed by atoms with van der Waals surface area (Å²) in [6, 6.07) is 20.4. The third kappa shape index (κ3) is 2.15. The number of rotatable bonds is 1. The van der Waals surface area contributed by atoms with Gasteiger partial charge in [-0.2, -0.15) is 0 Å². The van der Waals surface area contributed by atoms with Gasteiger partial charge in [-0.15, -0.1) is 25.7 Å². The first kappa shape index (κ1) is 20.2. The Bertz CT molecular complexity index is 1280. The van der Waals surface area contributed by atoms with Crippen LogP contribution in [-0.4, -0.2) is 0 Å². The molecule has 0 amide bonds. The van der Waals surface area contributed by atoms with Crippen LogP contribution in [0.15, 0.2) is 60.7 Å². The second kappa shape index (κ2) is 6.87. The summed E-state index contributed by atoms with van der Waals surface area (Å²) in [4.78, 5) is 0. The molecule has 6 rings (SSSR count). The Kier molecular flexibility index (Phi) is 4.33. The highest BCUT2D eigenvalue weighted by atomic mass is 14.8. The zero-order valence-corrected chi connectivity index (χ0v) is 18.1. The van der Waals surface area contributed by atoms with Gasteiger partial charge in [0.15, 0.2) is 0 Å². The molecular formula is C32H24. The molecule has 4 bridgehead atoms. The second-order valence-corrected chi connectivity index (χ2v) is 9.52. The fourth-order valence-electron chi connectivity index (χ4n) is 7.38. The van der Waals surface area contributed by atoms with Gasteiger partial charge in [-0.05, 0) is 55.2 Å². The molecule has 0 saturated heterocycles. The van der Waals surface area contributed by atoms with E-state index in [0.717, 1.165) is 31.2 Å². The average molecular weight is 409 g/mol. The van der Waals surface area contributed by atoms with Crippen molar-refractivity contribution in [2.24, 2.45) is 28.1 Å². The summed E-state index contributed by atoms with van der Waals surface area (Å²) >= 11 is 0. The monoisotopic (exact) mass is 408 g/mol. The lowest BCUT2D eigenvalue weighted by molar-refractivity contribution is -0.162. The lowest BCUT2D eigenvalue weighted by atomic mass is 9.26. The van der Waals surface area contributed by atoms with Crippen molar-refractivity contribution in [2.75, 3.05) is 0 Å². The third-order valence-electron chi connectivity index (χ3n) is 8.50. The third-order valence-corrected chi connectivity index (χ3v) is 8.50. The van der Waals surface area contributed by atoms with E-state index >= 15 is 0 Å². The molecule has 5 unspecified atom stereocenters. The normalized spacial score (nSPS) is 35.2. The van der Waals surface area contributed by atoms with Gasteiger partial charge in [0.25, 0.3) is 0 Å². The van der Waals surface area contributed by atoms with Gasteiger partial charge in [-0.1, -0.05) is 84.1 Å². The minimum atomic E-state index is -0.974. The van der Waals surface area contributed by atoms with Crippen molar-refractivity contribution in [3.05, 3.63) is 71.8 Å². The van der Waals surface area contributed by atoms with Crippen LogP contribution in [0.25, 0.3) is 0 Å². The van der Waals surface area contributed by atoms with E-state index < -0.39 is 16.2 Å². The van der Waals surface area contributed by atoms with Crippen LogP contribution in [-0.2, 0) is 5.41 Å². The van der Waals surface area contributed by atoms with Gasteiger partial charge in [0.05, 0.1) is 5.41 Å². The maximum Gasteiger partial charge on any atom is 0.120 e. The Morgan fingerprint density at radius 3 is 1.97 bits per heavy atom. The summed E-state index contributed by atoms with van der Waals surface area (Å²) in [7, 11) is 0. The van der Waals surface area contributed by atoms with E-state index in [2.05, 4.69) is 59.8 Å². The molecular weight excluding hydrogens is 384 g/mol. The number of terminal acetylenes is 4. The molecule has 4 fully saturated rings. The first-order valence-electron chi connectivity index (χ1n) is 11.1. The quantitative estimate of drug-likeness (QED) is 0.562. The molecule has 5 atom stereocenters. The summed E-state index contributed by atoms with van der Waals surface area (Å²) in [5, 5.41) is 0. The van der Waals surface area contributed by atoms with E-state index in [4.69, 9.17) is 25.7 Å². The first-order chi connectivity index (χ1) is 15.6. The van der Waals surface area contributed by atoms with Crippen molar-refractivity contribution in [3.8, 4) is 61.2 Å². The van der Waals surface area contributed by atoms with Gasteiger partial charge < -0.3 is 0 Å². The Morgan fingerprint density at radius 1 is 0.719 bits per heavy atom. The van der Waals surface area contributed by atoms with Crippen molar-refractivity contribution in [3.63, 3.8) is 0 Å². The van der Waals surface area contributed by atoms with Gasteiger partial charge in [0, 0.05) is 11.0 Å². The largest absolute Gasteiger partial charge is 0.120 e. The van der Waals surface area contributed by atoms with Gasteiger partial charge in [0.2, 0.25) is 0 Å². The standard InChI is InChI=1S/C32H24/c1-5-29(6-2)28-21-26-22-30(24-28,27-17-13-10-14-18-27)31(7-3,32(29,8-4)23-26)20-19-25-15-11-9-12-16-25/h1-4,9-18,26,28H,21-24H2. The van der Waals surface area contributed by atoms with Crippen molar-refractivity contribution in [2.45, 2.75) is 31.1 Å². The molecule has 0 heteroatoms. The smallest absolute Gasteiger partial charge is 0.119 e. The molecule has 2 aromatic rings. The van der Waals surface area contributed by atoms with Crippen LogP contribution in [0.1, 0.15) is 36.8 Å². The lowest BCUT2D eigenvalue weighted by Crippen LogP contribution is -2.73. The maximum atomic E-state index is 6.48. The van der Waals surface area contributed by atoms with E-state index in [1.807, 2.05) is 36.4 Å². The van der Waals surface area contributed by atoms with Crippen molar-refractivity contribution in [1.82, 2.24) is 0 Å². The summed E-state index contributed by atoms with van der Waals surface area (Å²) in [5.41, 5.74) is -1.07. The molecule has 0 aromatic heterocycles. The number of hydrogen-bond acceptors (Lipinski definition) is 0. The van der Waals surface area contributed by atoms with E-state index in [1.165, 1.54) is 5.56 Å². The average Bonchev–Trinajstić information content (AvgIpc) is 2.85. The van der Waals surface area contributed by atoms with Crippen LogP contribution >= 0.6 is 0 Å². The molecule has 2 aromatic carbocycles. The molecule has 0 spiro atoms. The van der Waals surface area contributed by atoms with Gasteiger partial charge >= 0.3 is 0 Å². The van der Waals surface area contributed by atoms with Gasteiger partial charge in [0.1, 0.15) is 10.8 Å². The van der Waals surface area contributed by atoms with Crippen LogP contribution in [0.2, 0.25) is 0 Å². The minimum absolute atomic E-state index is 0.126. The Balaban J connectivity index is 1.88. The highest BCUT2D eigenvalue weighted by Crippen LogP contribution is 2.78. The Hall–Kier alpha value is -3.76. The Morgan fingerprint density at radius 2 is 1.38 bits per heavy atom. The molecule has 4 aliphatic rings. The minimum Gasteiger partial charge on any atom is -0.119 e. The fraction of sp³-hybridized carbons (Fsp3) is 0.312. The topological polar surface area (TPSA) is 0 Å². The van der Waals surface area contributed by atoms with E-state index in [9.17, 15) is 0 Å². The Labute approximate surface area is 192 Å². The maximum absolute atomic E-state index is 6.48. The molecule has 0 aliphatic heterocycles. The highest BCUT2D eigenvalue weighted by Gasteiger charge is 2.79. The molecule has 4 saturated carbocycles. The summed E-state index contributed by atoms with van der Waals surface area (Å²) in [5.74, 6) is 19.9. The molecule has 152 valence electrons. The van der Waals surface area contributed by atoms with E-state index in [0.29, 0.717) is 5.92 Å². The zero-order valence-electron chi connectivity index (χ0n) is 18.1. The van der Waals surface area contributed by atoms with Crippen LogP contribution in [0, 0.1) is 89.3 Å². The highest BCUT2D eigenvalue weighted by molar-refractivity contribution is 5.58. The van der Waals surface area contributed by atoms with E-state index in [1.54, 1.807) is 0 Å². The van der Waals surface area contributed by atoms with Crippen LogP contribution in [0.3, 0.4) is 0 Å². The lowest BCUT2D eigenvalue weighted by Gasteiger charge is -2.72. The molecule has 0 heterocycles. The van der Waals surface area contributed by atoms with Crippen LogP contribution < -0.4 is 0 Å². The first-order valence-corrected chi connectivity index (χ1v) is 11.1. The fourth-order valence-corrected chi connectivity index (χ4v) is 7.38. The summed E-state index contributed by atoms with van der Waals surface area (Å²) < 4.78 is 0.